The third-order valence-corrected chi connectivity index (χ3v) is 6.05. The van der Waals surface area contributed by atoms with Gasteiger partial charge in [-0.05, 0) is 36.8 Å². The average Bonchev–Trinajstić information content (AvgIpc) is 3.22. The van der Waals surface area contributed by atoms with Crippen molar-refractivity contribution in [3.05, 3.63) is 120 Å². The summed E-state index contributed by atoms with van der Waals surface area (Å²) in [5.41, 5.74) is 3.90. The molecular formula is C30H30N2O3. The van der Waals surface area contributed by atoms with Gasteiger partial charge in [-0.1, -0.05) is 84.9 Å². The van der Waals surface area contributed by atoms with Crippen LogP contribution in [-0.4, -0.2) is 33.4 Å². The Bertz CT molecular complexity index is 1330. The number of aromatic carboxylic acids is 1. The molecule has 1 heterocycles. The molecule has 4 aromatic carbocycles. The van der Waals surface area contributed by atoms with Crippen molar-refractivity contribution in [1.29, 1.82) is 0 Å². The van der Waals surface area contributed by atoms with Crippen LogP contribution in [0.25, 0.3) is 21.8 Å². The number of aliphatic hydroxyl groups is 1. The smallest absolute Gasteiger partial charge is 0.335 e. The lowest BCUT2D eigenvalue weighted by molar-refractivity contribution is 0.0697. The molecular weight excluding hydrogens is 436 g/mol. The molecule has 0 bridgehead atoms. The number of hydrogen-bond donors (Lipinski definition) is 3. The van der Waals surface area contributed by atoms with E-state index < -0.39 is 12.1 Å². The Labute approximate surface area is 205 Å². The molecule has 0 aliphatic rings. The number of benzene rings is 4. The molecule has 0 saturated heterocycles. The number of rotatable bonds is 7. The zero-order chi connectivity index (χ0) is 24.6. The van der Waals surface area contributed by atoms with Gasteiger partial charge in [0.1, 0.15) is 0 Å². The van der Waals surface area contributed by atoms with E-state index in [0.29, 0.717) is 18.7 Å². The fourth-order valence-electron chi connectivity index (χ4n) is 4.23. The maximum atomic E-state index is 10.7. The van der Waals surface area contributed by atoms with Crippen LogP contribution in [0.5, 0.6) is 0 Å². The number of aliphatic hydroxyl groups excluding tert-OH is 1. The fraction of sp³-hybridized carbons (Fsp3) is 0.167. The molecule has 1 aromatic heterocycles. The summed E-state index contributed by atoms with van der Waals surface area (Å²) in [5.74, 6) is -0.879. The lowest BCUT2D eigenvalue weighted by atomic mass is 10.1. The largest absolute Gasteiger partial charge is 0.478 e. The predicted octanol–water partition coefficient (Wildman–Crippen LogP) is 5.89. The first-order chi connectivity index (χ1) is 17.0. The van der Waals surface area contributed by atoms with Crippen LogP contribution in [0.2, 0.25) is 0 Å². The zero-order valence-electron chi connectivity index (χ0n) is 19.7. The number of aromatic nitrogens is 1. The van der Waals surface area contributed by atoms with E-state index in [9.17, 15) is 9.90 Å². The highest BCUT2D eigenvalue weighted by Crippen LogP contribution is 2.28. The van der Waals surface area contributed by atoms with Gasteiger partial charge in [-0.2, -0.15) is 0 Å². The molecule has 0 saturated carbocycles. The summed E-state index contributed by atoms with van der Waals surface area (Å²) >= 11 is 0. The Balaban J connectivity index is 0.000000271. The molecule has 0 radical (unpaired) electrons. The summed E-state index contributed by atoms with van der Waals surface area (Å²) in [7, 11) is 0. The quantitative estimate of drug-likeness (QED) is 0.280. The zero-order valence-corrected chi connectivity index (χ0v) is 19.7. The molecule has 0 aliphatic carbocycles. The van der Waals surface area contributed by atoms with Crippen LogP contribution in [0, 0.1) is 0 Å². The molecule has 2 atom stereocenters. The maximum absolute atomic E-state index is 10.7. The maximum Gasteiger partial charge on any atom is 0.335 e. The minimum absolute atomic E-state index is 0.212. The van der Waals surface area contributed by atoms with Crippen molar-refractivity contribution >= 4 is 27.8 Å². The van der Waals surface area contributed by atoms with Crippen LogP contribution in [-0.2, 0) is 6.54 Å². The van der Waals surface area contributed by atoms with Gasteiger partial charge in [-0.15, -0.1) is 0 Å². The first-order valence-corrected chi connectivity index (χ1v) is 11.8. The van der Waals surface area contributed by atoms with Gasteiger partial charge in [0.25, 0.3) is 0 Å². The third-order valence-electron chi connectivity index (χ3n) is 6.05. The molecule has 178 valence electrons. The topological polar surface area (TPSA) is 74.5 Å². The van der Waals surface area contributed by atoms with Gasteiger partial charge in [-0.3, -0.25) is 0 Å². The molecule has 5 aromatic rings. The van der Waals surface area contributed by atoms with Gasteiger partial charge >= 0.3 is 5.97 Å². The highest BCUT2D eigenvalue weighted by atomic mass is 16.4. The predicted molar refractivity (Wildman–Crippen MR) is 142 cm³/mol. The van der Waals surface area contributed by atoms with E-state index in [1.54, 1.807) is 30.3 Å². The number of nitrogens with one attached hydrogen (secondary N) is 1. The molecule has 3 N–H and O–H groups in total. The fourth-order valence-corrected chi connectivity index (χ4v) is 4.23. The van der Waals surface area contributed by atoms with Crippen LogP contribution >= 0.6 is 0 Å². The van der Waals surface area contributed by atoms with Crippen LogP contribution < -0.4 is 5.32 Å². The monoisotopic (exact) mass is 466 g/mol. The molecule has 0 aliphatic heterocycles. The lowest BCUT2D eigenvalue weighted by Gasteiger charge is -2.19. The molecule has 5 nitrogen and oxygen atoms in total. The second-order valence-corrected chi connectivity index (χ2v) is 8.51. The number of carbonyl (C=O) groups is 1. The van der Waals surface area contributed by atoms with E-state index in [4.69, 9.17) is 5.11 Å². The Hall–Kier alpha value is -3.93. The van der Waals surface area contributed by atoms with E-state index in [0.717, 1.165) is 0 Å². The van der Waals surface area contributed by atoms with Gasteiger partial charge in [0.15, 0.2) is 0 Å². The summed E-state index contributed by atoms with van der Waals surface area (Å²) in [5, 5.41) is 25.0. The third kappa shape index (κ3) is 5.96. The van der Waals surface area contributed by atoms with E-state index in [1.807, 2.05) is 18.2 Å². The number of carboxylic acid groups (broad SMARTS) is 1. The summed E-state index contributed by atoms with van der Waals surface area (Å²) in [4.78, 5) is 10.2. The Kier molecular flexibility index (Phi) is 7.93. The number of para-hydroxylation sites is 2. The number of carboxylic acids is 1. The molecule has 5 heteroatoms. The van der Waals surface area contributed by atoms with Crippen molar-refractivity contribution in [2.45, 2.75) is 25.6 Å². The summed E-state index contributed by atoms with van der Waals surface area (Å²) in [6.07, 6.45) is -0.458. The first kappa shape index (κ1) is 24.2. The van der Waals surface area contributed by atoms with Crippen LogP contribution in [0.15, 0.2) is 109 Å². The molecule has 0 fully saturated rings. The van der Waals surface area contributed by atoms with Crippen molar-refractivity contribution in [2.75, 3.05) is 6.54 Å². The van der Waals surface area contributed by atoms with E-state index >= 15 is 0 Å². The van der Waals surface area contributed by atoms with Crippen LogP contribution in [0.4, 0.5) is 0 Å². The van der Waals surface area contributed by atoms with E-state index in [-0.39, 0.29) is 6.04 Å². The van der Waals surface area contributed by atoms with Crippen molar-refractivity contribution in [1.82, 2.24) is 9.88 Å². The Morgan fingerprint density at radius 3 is 1.77 bits per heavy atom. The standard InChI is InChI=1S/C23H24N2O.C7H6O2/c1-17(18-9-3-2-4-10-18)24-15-19(26)16-25-22-13-7-5-11-20(22)21-12-6-8-14-23(21)25;8-7(9)6-4-2-1-3-5-6/h2-14,17,19,24,26H,15-16H2,1H3;1-5H,(H,8,9). The van der Waals surface area contributed by atoms with Crippen molar-refractivity contribution in [3.8, 4) is 0 Å². The van der Waals surface area contributed by atoms with Gasteiger partial charge in [-0.25, -0.2) is 4.79 Å². The Morgan fingerprint density at radius 1 is 0.771 bits per heavy atom. The second-order valence-electron chi connectivity index (χ2n) is 8.51. The van der Waals surface area contributed by atoms with Crippen LogP contribution in [0.1, 0.15) is 28.9 Å². The number of fused-ring (bicyclic) bond motifs is 3. The number of nitrogens with zero attached hydrogens (tertiary/aromatic N) is 1. The van der Waals surface area contributed by atoms with Gasteiger partial charge in [0, 0.05) is 34.4 Å². The van der Waals surface area contributed by atoms with Gasteiger partial charge in [0.05, 0.1) is 18.2 Å². The van der Waals surface area contributed by atoms with Crippen molar-refractivity contribution in [3.63, 3.8) is 0 Å². The molecule has 35 heavy (non-hydrogen) atoms. The highest BCUT2D eigenvalue weighted by Gasteiger charge is 2.14. The van der Waals surface area contributed by atoms with Crippen molar-refractivity contribution < 1.29 is 15.0 Å². The molecule has 0 amide bonds. The average molecular weight is 467 g/mol. The van der Waals surface area contributed by atoms with E-state index in [2.05, 4.69) is 77.5 Å². The van der Waals surface area contributed by atoms with Crippen LogP contribution in [0.3, 0.4) is 0 Å². The summed E-state index contributed by atoms with van der Waals surface area (Å²) in [6.45, 7) is 3.25. The minimum Gasteiger partial charge on any atom is -0.478 e. The normalized spacial score (nSPS) is 12.6. The second kappa shape index (κ2) is 11.5. The van der Waals surface area contributed by atoms with E-state index in [1.165, 1.54) is 27.4 Å². The number of hydrogen-bond acceptors (Lipinski definition) is 3. The van der Waals surface area contributed by atoms with Crippen molar-refractivity contribution in [2.24, 2.45) is 0 Å². The van der Waals surface area contributed by atoms with Gasteiger partial charge < -0.3 is 20.1 Å². The lowest BCUT2D eigenvalue weighted by Crippen LogP contribution is -2.32. The summed E-state index contributed by atoms with van der Waals surface area (Å²) in [6, 6.07) is 35.6. The highest BCUT2D eigenvalue weighted by molar-refractivity contribution is 6.07. The molecule has 0 spiro atoms. The van der Waals surface area contributed by atoms with Gasteiger partial charge in [0.2, 0.25) is 0 Å². The molecule has 2 unspecified atom stereocenters. The molecule has 5 rings (SSSR count). The minimum atomic E-state index is -0.879. The summed E-state index contributed by atoms with van der Waals surface area (Å²) < 4.78 is 2.23. The first-order valence-electron chi connectivity index (χ1n) is 11.8. The Morgan fingerprint density at radius 2 is 1.26 bits per heavy atom. The SMILES string of the molecule is CC(NCC(O)Cn1c2ccccc2c2ccccc21)c1ccccc1.O=C(O)c1ccccc1.